The van der Waals surface area contributed by atoms with Gasteiger partial charge >= 0.3 is 0 Å². The van der Waals surface area contributed by atoms with Crippen LogP contribution in [-0.2, 0) is 11.2 Å². The van der Waals surface area contributed by atoms with E-state index in [1.54, 1.807) is 0 Å². The molecule has 1 atom stereocenters. The molecule has 0 bridgehead atoms. The number of carbonyl (C=O) groups excluding carboxylic acids is 1. The first-order valence-corrected chi connectivity index (χ1v) is 6.29. The molecule has 1 heterocycles. The summed E-state index contributed by atoms with van der Waals surface area (Å²) in [5, 5.41) is 2.77. The molecule has 0 aliphatic carbocycles. The molecule has 0 radical (unpaired) electrons. The predicted molar refractivity (Wildman–Crippen MR) is 68.9 cm³/mol. The maximum Gasteiger partial charge on any atom is 0.160 e. The minimum Gasteiger partial charge on any atom is -0.318 e. The largest absolute Gasteiger partial charge is 0.318 e. The molecular weight excluding hydrogens is 232 g/mol. The van der Waals surface area contributed by atoms with Gasteiger partial charge in [0.15, 0.2) is 5.78 Å². The Morgan fingerprint density at radius 3 is 2.71 bits per heavy atom. The van der Waals surface area contributed by atoms with Crippen LogP contribution in [0.5, 0.6) is 0 Å². The topological polar surface area (TPSA) is 56.0 Å². The molecule has 1 aromatic heterocycles. The van der Waals surface area contributed by atoms with E-state index in [9.17, 15) is 4.79 Å². The number of hydrogen-bond acceptors (Lipinski definition) is 4. The number of benzene rings is 1. The van der Waals surface area contributed by atoms with E-state index in [-0.39, 0.29) is 5.78 Å². The van der Waals surface area contributed by atoms with Crippen molar-refractivity contribution in [3.8, 4) is 0 Å². The fourth-order valence-electron chi connectivity index (χ4n) is 1.59. The number of ketones is 1. The first-order valence-electron chi connectivity index (χ1n) is 5.41. The molecule has 0 aliphatic rings. The van der Waals surface area contributed by atoms with Crippen molar-refractivity contribution in [2.75, 3.05) is 0 Å². The molecule has 3 nitrogen and oxygen atoms in total. The second kappa shape index (κ2) is 5.21. The van der Waals surface area contributed by atoms with Crippen molar-refractivity contribution in [2.45, 2.75) is 19.4 Å². The fourth-order valence-corrected chi connectivity index (χ4v) is 2.37. The first kappa shape index (κ1) is 12.0. The fraction of sp³-hybridized carbons (Fsp3) is 0.231. The van der Waals surface area contributed by atoms with Gasteiger partial charge in [-0.1, -0.05) is 30.3 Å². The maximum absolute atomic E-state index is 12.0. The highest BCUT2D eigenvalue weighted by molar-refractivity contribution is 7.09. The zero-order valence-corrected chi connectivity index (χ0v) is 10.4. The van der Waals surface area contributed by atoms with Crippen LogP contribution in [0, 0.1) is 6.92 Å². The summed E-state index contributed by atoms with van der Waals surface area (Å²) in [5.74, 6) is 0.00514. The molecule has 1 aromatic carbocycles. The number of thiazole rings is 1. The molecule has 1 unspecified atom stereocenters. The predicted octanol–water partition coefficient (Wildman–Crippen LogP) is 2.26. The van der Waals surface area contributed by atoms with Gasteiger partial charge < -0.3 is 5.73 Å². The van der Waals surface area contributed by atoms with E-state index in [4.69, 9.17) is 5.73 Å². The summed E-state index contributed by atoms with van der Waals surface area (Å²) in [5.41, 5.74) is 7.72. The van der Waals surface area contributed by atoms with Crippen LogP contribution in [0.25, 0.3) is 0 Å². The Hall–Kier alpha value is -1.52. The lowest BCUT2D eigenvalue weighted by atomic mass is 10.0. The lowest BCUT2D eigenvalue weighted by Gasteiger charge is -2.09. The summed E-state index contributed by atoms with van der Waals surface area (Å²) >= 11 is 1.50. The van der Waals surface area contributed by atoms with Crippen LogP contribution in [0.3, 0.4) is 0 Å². The van der Waals surface area contributed by atoms with Gasteiger partial charge in [0.2, 0.25) is 0 Å². The maximum atomic E-state index is 12.0. The summed E-state index contributed by atoms with van der Waals surface area (Å²) in [6, 6.07) is 8.86. The summed E-state index contributed by atoms with van der Waals surface area (Å²) in [6.45, 7) is 1.92. The lowest BCUT2D eigenvalue weighted by molar-refractivity contribution is -0.119. The Kier molecular flexibility index (Phi) is 3.66. The van der Waals surface area contributed by atoms with E-state index in [1.165, 1.54) is 11.3 Å². The van der Waals surface area contributed by atoms with Gasteiger partial charge in [0.1, 0.15) is 5.01 Å². The van der Waals surface area contributed by atoms with E-state index in [0.717, 1.165) is 16.3 Å². The molecule has 2 N–H and O–H groups in total. The van der Waals surface area contributed by atoms with Crippen molar-refractivity contribution < 1.29 is 4.79 Å². The molecule has 0 spiro atoms. The van der Waals surface area contributed by atoms with Crippen molar-refractivity contribution in [2.24, 2.45) is 5.73 Å². The molecule has 0 saturated heterocycles. The number of nitrogens with two attached hydrogens (primary N) is 1. The van der Waals surface area contributed by atoms with E-state index >= 15 is 0 Å². The average molecular weight is 246 g/mol. The highest BCUT2D eigenvalue weighted by Crippen LogP contribution is 2.15. The van der Waals surface area contributed by atoms with Gasteiger partial charge in [0, 0.05) is 11.1 Å². The monoisotopic (exact) mass is 246 g/mol. The van der Waals surface area contributed by atoms with E-state index in [0.29, 0.717) is 6.42 Å². The van der Waals surface area contributed by atoms with Gasteiger partial charge in [-0.25, -0.2) is 4.98 Å². The molecule has 0 saturated carbocycles. The highest BCUT2D eigenvalue weighted by atomic mass is 32.1. The van der Waals surface area contributed by atoms with Gasteiger partial charge in [-0.15, -0.1) is 11.3 Å². The second-order valence-electron chi connectivity index (χ2n) is 3.91. The van der Waals surface area contributed by atoms with Gasteiger partial charge in [-0.05, 0) is 12.5 Å². The molecule has 4 heteroatoms. The Bertz CT molecular complexity index is 507. The highest BCUT2D eigenvalue weighted by Gasteiger charge is 2.17. The standard InChI is InChI=1S/C13H14N2OS/c1-9-8-17-12(15-9)7-11(16)13(14)10-5-3-2-4-6-10/h2-6,8,13H,7,14H2,1H3. The third kappa shape index (κ3) is 2.99. The summed E-state index contributed by atoms with van der Waals surface area (Å²) in [6.07, 6.45) is 0.314. The SMILES string of the molecule is Cc1csc(CC(=O)C(N)c2ccccc2)n1. The quantitative estimate of drug-likeness (QED) is 0.900. The van der Waals surface area contributed by atoms with Crippen LogP contribution in [0.4, 0.5) is 0 Å². The van der Waals surface area contributed by atoms with Crippen molar-refractivity contribution in [3.63, 3.8) is 0 Å². The Balaban J connectivity index is 2.06. The van der Waals surface area contributed by atoms with Gasteiger partial charge in [0.05, 0.1) is 12.5 Å². The zero-order chi connectivity index (χ0) is 12.3. The number of nitrogens with zero attached hydrogens (tertiary/aromatic N) is 1. The number of aromatic nitrogens is 1. The molecule has 2 rings (SSSR count). The van der Waals surface area contributed by atoms with Crippen molar-refractivity contribution >= 4 is 17.1 Å². The number of rotatable bonds is 4. The van der Waals surface area contributed by atoms with Crippen LogP contribution in [0.2, 0.25) is 0 Å². The minimum atomic E-state index is -0.555. The molecular formula is C13H14N2OS. The summed E-state index contributed by atoms with van der Waals surface area (Å²) < 4.78 is 0. The normalized spacial score (nSPS) is 12.4. The molecule has 17 heavy (non-hydrogen) atoms. The lowest BCUT2D eigenvalue weighted by Crippen LogP contribution is -2.22. The Labute approximate surface area is 104 Å². The van der Waals surface area contributed by atoms with Crippen molar-refractivity contribution in [1.29, 1.82) is 0 Å². The second-order valence-corrected chi connectivity index (χ2v) is 4.86. The van der Waals surface area contributed by atoms with Crippen molar-refractivity contribution in [3.05, 3.63) is 52.0 Å². The zero-order valence-electron chi connectivity index (χ0n) is 9.59. The number of hydrogen-bond donors (Lipinski definition) is 1. The molecule has 88 valence electrons. The molecule has 2 aromatic rings. The number of Topliss-reactive ketones (excluding diaryl/α,β-unsaturated/α-hetero) is 1. The molecule has 0 aliphatic heterocycles. The molecule has 0 fully saturated rings. The van der Waals surface area contributed by atoms with E-state index in [2.05, 4.69) is 4.98 Å². The van der Waals surface area contributed by atoms with Gasteiger partial charge in [0.25, 0.3) is 0 Å². The van der Waals surface area contributed by atoms with Crippen LogP contribution in [-0.4, -0.2) is 10.8 Å². The third-order valence-electron chi connectivity index (χ3n) is 2.50. The van der Waals surface area contributed by atoms with Crippen molar-refractivity contribution in [1.82, 2.24) is 4.98 Å². The van der Waals surface area contributed by atoms with E-state index in [1.807, 2.05) is 42.6 Å². The summed E-state index contributed by atoms with van der Waals surface area (Å²) in [7, 11) is 0. The molecule has 0 amide bonds. The minimum absolute atomic E-state index is 0.00514. The summed E-state index contributed by atoms with van der Waals surface area (Å²) in [4.78, 5) is 16.2. The third-order valence-corrected chi connectivity index (χ3v) is 3.46. The van der Waals surface area contributed by atoms with E-state index < -0.39 is 6.04 Å². The average Bonchev–Trinajstić information content (AvgIpc) is 2.75. The van der Waals surface area contributed by atoms with Gasteiger partial charge in [-0.2, -0.15) is 0 Å². The Morgan fingerprint density at radius 2 is 2.12 bits per heavy atom. The number of carbonyl (C=O) groups is 1. The first-order chi connectivity index (χ1) is 8.16. The van der Waals surface area contributed by atoms with Gasteiger partial charge in [-0.3, -0.25) is 4.79 Å². The van der Waals surface area contributed by atoms with Crippen LogP contribution >= 0.6 is 11.3 Å². The Morgan fingerprint density at radius 1 is 1.41 bits per heavy atom. The van der Waals surface area contributed by atoms with Crippen LogP contribution in [0.1, 0.15) is 22.3 Å². The van der Waals surface area contributed by atoms with Crippen LogP contribution < -0.4 is 5.73 Å². The smallest absolute Gasteiger partial charge is 0.160 e. The number of aryl methyl sites for hydroxylation is 1. The van der Waals surface area contributed by atoms with Crippen LogP contribution in [0.15, 0.2) is 35.7 Å².